The number of carbonyl (C=O) groups is 1. The van der Waals surface area contributed by atoms with Crippen molar-refractivity contribution in [1.29, 1.82) is 0 Å². The topological polar surface area (TPSA) is 110 Å². The highest BCUT2D eigenvalue weighted by Crippen LogP contribution is 2.38. The van der Waals surface area contributed by atoms with Crippen LogP contribution in [0.4, 0.5) is 5.69 Å². The summed E-state index contributed by atoms with van der Waals surface area (Å²) in [4.78, 5) is 19.1. The zero-order valence-electron chi connectivity index (χ0n) is 14.7. The number of benzene rings is 1. The van der Waals surface area contributed by atoms with E-state index < -0.39 is 22.5 Å². The maximum atomic E-state index is 12.3. The van der Waals surface area contributed by atoms with E-state index >= 15 is 0 Å². The van der Waals surface area contributed by atoms with Gasteiger partial charge >= 0.3 is 0 Å². The summed E-state index contributed by atoms with van der Waals surface area (Å²) in [6, 6.07) is 5.02. The molecule has 2 aliphatic rings. The summed E-state index contributed by atoms with van der Waals surface area (Å²) in [5.74, 6) is -0.397. The molecule has 0 atom stereocenters. The van der Waals surface area contributed by atoms with Gasteiger partial charge in [0.15, 0.2) is 5.03 Å². The number of anilines is 1. The van der Waals surface area contributed by atoms with Crippen molar-refractivity contribution in [1.82, 2.24) is 15.1 Å². The van der Waals surface area contributed by atoms with Crippen molar-refractivity contribution in [3.05, 3.63) is 46.6 Å². The van der Waals surface area contributed by atoms with E-state index in [0.717, 1.165) is 44.2 Å². The van der Waals surface area contributed by atoms with Gasteiger partial charge in [0, 0.05) is 11.9 Å². The number of aromatic nitrogens is 2. The van der Waals surface area contributed by atoms with Gasteiger partial charge in [-0.3, -0.25) is 9.63 Å². The standard InChI is InChI=1S/C18H20N4O4S/c23-16(11-26-22-27(24,25)17-8-3-9-19-21-17)20-18-14-6-1-4-12(14)10-13-5-2-7-15(13)18/h3,8-10,22H,1-2,4-7,11H2,(H,20,23). The molecule has 0 saturated carbocycles. The highest BCUT2D eigenvalue weighted by atomic mass is 32.2. The van der Waals surface area contributed by atoms with Crippen molar-refractivity contribution in [2.45, 2.75) is 43.6 Å². The Balaban J connectivity index is 1.41. The number of amides is 1. The van der Waals surface area contributed by atoms with Crippen LogP contribution in [-0.2, 0) is 45.3 Å². The van der Waals surface area contributed by atoms with E-state index in [1.54, 1.807) is 0 Å². The maximum Gasteiger partial charge on any atom is 0.281 e. The van der Waals surface area contributed by atoms with E-state index in [9.17, 15) is 13.2 Å². The van der Waals surface area contributed by atoms with E-state index in [0.29, 0.717) is 0 Å². The zero-order valence-corrected chi connectivity index (χ0v) is 15.5. The Labute approximate surface area is 157 Å². The minimum Gasteiger partial charge on any atom is -0.323 e. The molecule has 1 amide bonds. The van der Waals surface area contributed by atoms with Gasteiger partial charge < -0.3 is 5.32 Å². The van der Waals surface area contributed by atoms with Gasteiger partial charge in [0.05, 0.1) is 0 Å². The van der Waals surface area contributed by atoms with Crippen LogP contribution in [0.3, 0.4) is 0 Å². The van der Waals surface area contributed by atoms with Gasteiger partial charge in [0.1, 0.15) is 6.61 Å². The smallest absolute Gasteiger partial charge is 0.281 e. The summed E-state index contributed by atoms with van der Waals surface area (Å²) in [6.45, 7) is -0.433. The van der Waals surface area contributed by atoms with Crippen LogP contribution < -0.4 is 10.2 Å². The number of aryl methyl sites for hydroxylation is 2. The normalized spacial score (nSPS) is 15.4. The SMILES string of the molecule is O=C(CONS(=O)(=O)c1cccnn1)Nc1c2c(cc3c1CCC3)CCC2. The molecule has 142 valence electrons. The van der Waals surface area contributed by atoms with Crippen molar-refractivity contribution in [2.24, 2.45) is 0 Å². The third-order valence-electron chi connectivity index (χ3n) is 4.93. The lowest BCUT2D eigenvalue weighted by Gasteiger charge is -2.16. The fourth-order valence-corrected chi connectivity index (χ4v) is 4.50. The molecule has 8 nitrogen and oxygen atoms in total. The predicted octanol–water partition coefficient (Wildman–Crippen LogP) is 1.30. The van der Waals surface area contributed by atoms with Crippen LogP contribution in [0.25, 0.3) is 0 Å². The van der Waals surface area contributed by atoms with Crippen molar-refractivity contribution in [2.75, 3.05) is 11.9 Å². The molecular weight excluding hydrogens is 368 g/mol. The van der Waals surface area contributed by atoms with Crippen molar-refractivity contribution in [3.63, 3.8) is 0 Å². The van der Waals surface area contributed by atoms with Gasteiger partial charge in [-0.25, -0.2) is 8.42 Å². The summed E-state index contributed by atoms with van der Waals surface area (Å²) in [5.41, 5.74) is 5.96. The van der Waals surface area contributed by atoms with Gasteiger partial charge in [-0.15, -0.1) is 5.10 Å². The van der Waals surface area contributed by atoms with Crippen molar-refractivity contribution < 1.29 is 18.0 Å². The Morgan fingerprint density at radius 1 is 1.11 bits per heavy atom. The first-order chi connectivity index (χ1) is 13.0. The van der Waals surface area contributed by atoms with E-state index in [1.807, 2.05) is 4.89 Å². The van der Waals surface area contributed by atoms with Crippen molar-refractivity contribution >= 4 is 21.6 Å². The molecular formula is C18H20N4O4S. The van der Waals surface area contributed by atoms with Gasteiger partial charge in [-0.1, -0.05) is 11.0 Å². The van der Waals surface area contributed by atoms with Gasteiger partial charge in [-0.2, -0.15) is 5.10 Å². The first-order valence-corrected chi connectivity index (χ1v) is 10.4. The van der Waals surface area contributed by atoms with Gasteiger partial charge in [0.2, 0.25) is 0 Å². The average Bonchev–Trinajstić information content (AvgIpc) is 3.31. The van der Waals surface area contributed by atoms with Gasteiger partial charge in [-0.05, 0) is 72.9 Å². The van der Waals surface area contributed by atoms with Crippen LogP contribution in [0.5, 0.6) is 0 Å². The zero-order chi connectivity index (χ0) is 18.9. The molecule has 0 bridgehead atoms. The Kier molecular flexibility index (Phi) is 4.90. The fourth-order valence-electron chi connectivity index (χ4n) is 3.79. The molecule has 1 heterocycles. The second-order valence-corrected chi connectivity index (χ2v) is 8.31. The second-order valence-electron chi connectivity index (χ2n) is 6.72. The number of carbonyl (C=O) groups excluding carboxylic acids is 1. The minimum atomic E-state index is -3.97. The summed E-state index contributed by atoms with van der Waals surface area (Å²) < 4.78 is 24.0. The lowest BCUT2D eigenvalue weighted by Crippen LogP contribution is -2.30. The Hall–Kier alpha value is -2.36. The molecule has 0 unspecified atom stereocenters. The third kappa shape index (κ3) is 3.71. The molecule has 0 aliphatic heterocycles. The fraction of sp³-hybridized carbons (Fsp3) is 0.389. The number of nitrogens with one attached hydrogen (secondary N) is 2. The predicted molar refractivity (Wildman–Crippen MR) is 97.4 cm³/mol. The van der Waals surface area contributed by atoms with Crippen LogP contribution in [-0.4, -0.2) is 31.1 Å². The molecule has 0 spiro atoms. The van der Waals surface area contributed by atoms with Crippen LogP contribution >= 0.6 is 0 Å². The minimum absolute atomic E-state index is 0.274. The largest absolute Gasteiger partial charge is 0.323 e. The van der Waals surface area contributed by atoms with E-state index in [2.05, 4.69) is 21.6 Å². The molecule has 0 fully saturated rings. The van der Waals surface area contributed by atoms with Gasteiger partial charge in [0.25, 0.3) is 15.9 Å². The maximum absolute atomic E-state index is 12.3. The van der Waals surface area contributed by atoms with Crippen LogP contribution in [0.1, 0.15) is 35.1 Å². The molecule has 4 rings (SSSR count). The summed E-state index contributed by atoms with van der Waals surface area (Å²) >= 11 is 0. The molecule has 27 heavy (non-hydrogen) atoms. The number of rotatable bonds is 6. The quantitative estimate of drug-likeness (QED) is 0.722. The number of hydrogen-bond acceptors (Lipinski definition) is 6. The van der Waals surface area contributed by atoms with E-state index in [4.69, 9.17) is 4.84 Å². The second kappa shape index (κ2) is 7.34. The van der Waals surface area contributed by atoms with Crippen LogP contribution in [0.2, 0.25) is 0 Å². The highest BCUT2D eigenvalue weighted by molar-refractivity contribution is 7.89. The number of fused-ring (bicyclic) bond motifs is 2. The van der Waals surface area contributed by atoms with Crippen LogP contribution in [0.15, 0.2) is 29.4 Å². The van der Waals surface area contributed by atoms with E-state index in [-0.39, 0.29) is 5.03 Å². The van der Waals surface area contributed by atoms with E-state index in [1.165, 1.54) is 40.6 Å². The third-order valence-corrected chi connectivity index (χ3v) is 6.04. The lowest BCUT2D eigenvalue weighted by atomic mass is 9.98. The summed E-state index contributed by atoms with van der Waals surface area (Å²) in [6.07, 6.45) is 7.55. The molecule has 1 aromatic carbocycles. The van der Waals surface area contributed by atoms with Crippen molar-refractivity contribution in [3.8, 4) is 0 Å². The highest BCUT2D eigenvalue weighted by Gasteiger charge is 2.25. The number of sulfonamides is 1. The van der Waals surface area contributed by atoms with Crippen LogP contribution in [0, 0.1) is 0 Å². The molecule has 9 heteroatoms. The molecule has 2 N–H and O–H groups in total. The Morgan fingerprint density at radius 2 is 1.81 bits per heavy atom. The molecule has 0 saturated heterocycles. The molecule has 2 aliphatic carbocycles. The molecule has 2 aromatic rings. The molecule has 1 aromatic heterocycles. The number of hydrogen-bond donors (Lipinski definition) is 2. The summed E-state index contributed by atoms with van der Waals surface area (Å²) in [5, 5.41) is 9.69. The first-order valence-electron chi connectivity index (χ1n) is 8.92. The average molecular weight is 388 g/mol. The first kappa shape index (κ1) is 18.0. The number of nitrogens with zero attached hydrogens (tertiary/aromatic N) is 2. The Morgan fingerprint density at radius 3 is 2.44 bits per heavy atom. The summed E-state index contributed by atoms with van der Waals surface area (Å²) in [7, 11) is -3.97. The Bertz CT molecular complexity index is 944. The monoisotopic (exact) mass is 388 g/mol. The lowest BCUT2D eigenvalue weighted by molar-refractivity contribution is -0.121. The molecule has 0 radical (unpaired) electrons.